The zero-order chi connectivity index (χ0) is 15.1. The molecule has 0 bridgehead atoms. The van der Waals surface area contributed by atoms with Gasteiger partial charge in [-0.05, 0) is 53.4 Å². The maximum Gasteiger partial charge on any atom is 0.136 e. The van der Waals surface area contributed by atoms with Crippen LogP contribution in [-0.2, 0) is 18.3 Å². The summed E-state index contributed by atoms with van der Waals surface area (Å²) in [5, 5.41) is 4.46. The Kier molecular flexibility index (Phi) is 4.43. The summed E-state index contributed by atoms with van der Waals surface area (Å²) in [6.45, 7) is 8.64. The molecular formula is C16H25BrN2O. The molecule has 1 aliphatic carbocycles. The molecule has 0 N–H and O–H groups in total. The molecule has 0 radical (unpaired) electrons. The Hall–Kier alpha value is -0.640. The van der Waals surface area contributed by atoms with Crippen LogP contribution in [0.25, 0.3) is 0 Å². The van der Waals surface area contributed by atoms with Crippen molar-refractivity contribution >= 4 is 21.7 Å². The van der Waals surface area contributed by atoms with E-state index >= 15 is 0 Å². The van der Waals surface area contributed by atoms with E-state index in [1.165, 1.54) is 12.1 Å². The van der Waals surface area contributed by atoms with Gasteiger partial charge in [-0.15, -0.1) is 0 Å². The van der Waals surface area contributed by atoms with Gasteiger partial charge in [-0.3, -0.25) is 9.48 Å². The highest BCUT2D eigenvalue weighted by Crippen LogP contribution is 2.41. The van der Waals surface area contributed by atoms with E-state index in [9.17, 15) is 4.79 Å². The number of halogens is 1. The first-order valence-corrected chi connectivity index (χ1v) is 8.22. The van der Waals surface area contributed by atoms with Crippen molar-refractivity contribution in [1.29, 1.82) is 0 Å². The lowest BCUT2D eigenvalue weighted by atomic mass is 9.66. The number of aromatic nitrogens is 2. The van der Waals surface area contributed by atoms with Gasteiger partial charge in [0.25, 0.3) is 0 Å². The van der Waals surface area contributed by atoms with E-state index in [2.05, 4.69) is 41.8 Å². The van der Waals surface area contributed by atoms with Crippen LogP contribution in [0.4, 0.5) is 0 Å². The average Bonchev–Trinajstić information content (AvgIpc) is 2.55. The molecule has 2 unspecified atom stereocenters. The van der Waals surface area contributed by atoms with Crippen molar-refractivity contribution in [3.63, 3.8) is 0 Å². The Morgan fingerprint density at radius 2 is 2.05 bits per heavy atom. The molecule has 0 amide bonds. The number of hydrogen-bond acceptors (Lipinski definition) is 2. The molecule has 1 heterocycles. The van der Waals surface area contributed by atoms with Crippen molar-refractivity contribution in [2.24, 2.45) is 24.3 Å². The van der Waals surface area contributed by atoms with Crippen LogP contribution in [0, 0.1) is 24.2 Å². The number of rotatable bonds is 3. The van der Waals surface area contributed by atoms with Crippen LogP contribution < -0.4 is 0 Å². The Bertz CT molecular complexity index is 519. The summed E-state index contributed by atoms with van der Waals surface area (Å²) in [6, 6.07) is 0. The summed E-state index contributed by atoms with van der Waals surface area (Å²) in [6.07, 6.45) is 3.84. The highest BCUT2D eigenvalue weighted by atomic mass is 79.9. The highest BCUT2D eigenvalue weighted by molar-refractivity contribution is 9.10. The third-order valence-corrected chi connectivity index (χ3v) is 5.75. The van der Waals surface area contributed by atoms with E-state index in [0.717, 1.165) is 29.4 Å². The quantitative estimate of drug-likeness (QED) is 0.831. The number of carbonyl (C=O) groups excluding carboxylic acids is 1. The Morgan fingerprint density at radius 1 is 1.40 bits per heavy atom. The van der Waals surface area contributed by atoms with Crippen LogP contribution in [0.15, 0.2) is 4.47 Å². The number of hydrogen-bond donors (Lipinski definition) is 0. The highest BCUT2D eigenvalue weighted by Gasteiger charge is 2.39. The molecule has 1 aromatic rings. The topological polar surface area (TPSA) is 34.9 Å². The molecule has 2 rings (SSSR count). The lowest BCUT2D eigenvalue weighted by molar-refractivity contribution is -0.129. The third-order valence-electron chi connectivity index (χ3n) is 4.71. The van der Waals surface area contributed by atoms with Crippen molar-refractivity contribution < 1.29 is 4.79 Å². The van der Waals surface area contributed by atoms with E-state index in [1.807, 2.05) is 18.7 Å². The number of aryl methyl sites for hydroxylation is 2. The number of Topliss-reactive ketones (excluding diaryl/α,β-unsaturated/α-hetero) is 1. The van der Waals surface area contributed by atoms with Crippen molar-refractivity contribution in [3.05, 3.63) is 15.9 Å². The minimum absolute atomic E-state index is 0.0139. The lowest BCUT2D eigenvalue weighted by Crippen LogP contribution is -2.37. The summed E-state index contributed by atoms with van der Waals surface area (Å²) in [5.74, 6) is 1.19. The van der Waals surface area contributed by atoms with Gasteiger partial charge in [0.1, 0.15) is 5.78 Å². The van der Waals surface area contributed by atoms with Crippen LogP contribution in [0.1, 0.15) is 51.4 Å². The predicted octanol–water partition coefficient (Wildman–Crippen LogP) is 4.07. The summed E-state index contributed by atoms with van der Waals surface area (Å²) >= 11 is 3.63. The molecule has 2 atom stereocenters. The van der Waals surface area contributed by atoms with Crippen LogP contribution in [0.2, 0.25) is 0 Å². The molecule has 1 saturated carbocycles. The first-order valence-electron chi connectivity index (χ1n) is 7.43. The smallest absolute Gasteiger partial charge is 0.136 e. The van der Waals surface area contributed by atoms with Crippen molar-refractivity contribution in [2.45, 2.75) is 53.4 Å². The number of ketones is 1. The third kappa shape index (κ3) is 3.00. The van der Waals surface area contributed by atoms with Gasteiger partial charge >= 0.3 is 0 Å². The summed E-state index contributed by atoms with van der Waals surface area (Å²) in [5.41, 5.74) is 2.20. The standard InChI is InChI=1S/C16H25BrN2O/c1-10-6-7-12(14(20)8-10)16(3,4)9-13-15(17)11(2)18-19(13)5/h10,12H,6-9H2,1-5H3. The normalized spacial score (nSPS) is 24.2. The molecule has 112 valence electrons. The zero-order valence-electron chi connectivity index (χ0n) is 13.2. The van der Waals surface area contributed by atoms with Gasteiger partial charge in [-0.1, -0.05) is 20.8 Å². The fraction of sp³-hybridized carbons (Fsp3) is 0.750. The minimum atomic E-state index is -0.0139. The zero-order valence-corrected chi connectivity index (χ0v) is 14.7. The fourth-order valence-corrected chi connectivity index (χ4v) is 3.93. The second-order valence-corrected chi connectivity index (χ2v) is 7.83. The van der Waals surface area contributed by atoms with Crippen LogP contribution in [-0.4, -0.2) is 15.6 Å². The van der Waals surface area contributed by atoms with Gasteiger partial charge in [-0.25, -0.2) is 0 Å². The Morgan fingerprint density at radius 3 is 2.55 bits per heavy atom. The summed E-state index contributed by atoms with van der Waals surface area (Å²) in [4.78, 5) is 12.4. The lowest BCUT2D eigenvalue weighted by Gasteiger charge is -2.37. The summed E-state index contributed by atoms with van der Waals surface area (Å²) in [7, 11) is 1.98. The van der Waals surface area contributed by atoms with Gasteiger partial charge < -0.3 is 0 Å². The Labute approximate surface area is 130 Å². The first kappa shape index (κ1) is 15.7. The molecule has 3 nitrogen and oxygen atoms in total. The minimum Gasteiger partial charge on any atom is -0.299 e. The van der Waals surface area contributed by atoms with Crippen molar-refractivity contribution in [3.8, 4) is 0 Å². The van der Waals surface area contributed by atoms with Crippen molar-refractivity contribution in [2.75, 3.05) is 0 Å². The fourth-order valence-electron chi connectivity index (χ4n) is 3.45. The van der Waals surface area contributed by atoms with Crippen molar-refractivity contribution in [1.82, 2.24) is 9.78 Å². The predicted molar refractivity (Wildman–Crippen MR) is 84.6 cm³/mol. The monoisotopic (exact) mass is 340 g/mol. The van der Waals surface area contributed by atoms with E-state index < -0.39 is 0 Å². The van der Waals surface area contributed by atoms with E-state index in [-0.39, 0.29) is 11.3 Å². The molecule has 1 aromatic heterocycles. The number of nitrogens with zero attached hydrogens (tertiary/aromatic N) is 2. The Balaban J connectivity index is 2.20. The van der Waals surface area contributed by atoms with Crippen LogP contribution >= 0.6 is 15.9 Å². The molecule has 20 heavy (non-hydrogen) atoms. The molecule has 0 spiro atoms. The molecule has 4 heteroatoms. The maximum atomic E-state index is 12.4. The molecule has 0 aromatic carbocycles. The van der Waals surface area contributed by atoms with Gasteiger partial charge in [0.15, 0.2) is 0 Å². The second kappa shape index (κ2) is 5.63. The van der Waals surface area contributed by atoms with E-state index in [4.69, 9.17) is 0 Å². The molecule has 0 aliphatic heterocycles. The SMILES string of the molecule is Cc1nn(C)c(CC(C)(C)C2CCC(C)CC2=O)c1Br. The average molecular weight is 341 g/mol. The second-order valence-electron chi connectivity index (χ2n) is 7.04. The molecular weight excluding hydrogens is 316 g/mol. The van der Waals surface area contributed by atoms with Crippen LogP contribution in [0.3, 0.4) is 0 Å². The van der Waals surface area contributed by atoms with Gasteiger partial charge in [0, 0.05) is 19.4 Å². The molecule has 0 saturated heterocycles. The van der Waals surface area contributed by atoms with Gasteiger partial charge in [0.05, 0.1) is 15.9 Å². The maximum absolute atomic E-state index is 12.4. The largest absolute Gasteiger partial charge is 0.299 e. The van der Waals surface area contributed by atoms with E-state index in [1.54, 1.807) is 0 Å². The van der Waals surface area contributed by atoms with Gasteiger partial charge in [0.2, 0.25) is 0 Å². The summed E-state index contributed by atoms with van der Waals surface area (Å²) < 4.78 is 3.03. The van der Waals surface area contributed by atoms with Gasteiger partial charge in [-0.2, -0.15) is 5.10 Å². The first-order chi connectivity index (χ1) is 9.22. The van der Waals surface area contributed by atoms with Crippen LogP contribution in [0.5, 0.6) is 0 Å². The molecule has 1 fully saturated rings. The van der Waals surface area contributed by atoms with E-state index in [0.29, 0.717) is 11.7 Å². The molecule has 1 aliphatic rings. The number of carbonyl (C=O) groups is 1.